The molecule has 0 atom stereocenters. The number of carbonyl (C=O) groups excluding carboxylic acids is 1. The second kappa shape index (κ2) is 5.73. The minimum atomic E-state index is -0.433. The number of rotatable bonds is 4. The van der Waals surface area contributed by atoms with Gasteiger partial charge in [-0.25, -0.2) is 9.97 Å². The van der Waals surface area contributed by atoms with E-state index >= 15 is 0 Å². The Labute approximate surface area is 132 Å². The second-order valence-corrected chi connectivity index (χ2v) is 6.09. The molecule has 6 heteroatoms. The van der Waals surface area contributed by atoms with Gasteiger partial charge in [0.25, 0.3) is 0 Å². The zero-order valence-electron chi connectivity index (χ0n) is 12.4. The van der Waals surface area contributed by atoms with E-state index in [9.17, 15) is 4.79 Å². The number of carbonyl (C=O) groups is 1. The Kier molecular flexibility index (Phi) is 3.77. The average molecular weight is 312 g/mol. The van der Waals surface area contributed by atoms with Gasteiger partial charge in [-0.2, -0.15) is 0 Å². The molecule has 3 N–H and O–H groups in total. The minimum absolute atomic E-state index is 0.433. The Morgan fingerprint density at radius 2 is 2.00 bits per heavy atom. The van der Waals surface area contributed by atoms with E-state index in [-0.39, 0.29) is 0 Å². The fourth-order valence-electron chi connectivity index (χ4n) is 2.20. The average Bonchev–Trinajstić information content (AvgIpc) is 2.91. The maximum absolute atomic E-state index is 11.1. The highest BCUT2D eigenvalue weighted by Crippen LogP contribution is 2.30. The molecule has 0 saturated carbocycles. The maximum atomic E-state index is 11.1. The van der Waals surface area contributed by atoms with Gasteiger partial charge >= 0.3 is 0 Å². The van der Waals surface area contributed by atoms with Gasteiger partial charge in [-0.1, -0.05) is 6.92 Å². The summed E-state index contributed by atoms with van der Waals surface area (Å²) in [6.07, 6.45) is 0.979. The molecule has 1 amide bonds. The van der Waals surface area contributed by atoms with Crippen LogP contribution in [-0.4, -0.2) is 15.9 Å². The SMILES string of the molecule is CCc1cc2c(Nc3ccc(C(N)=O)cc3)nc(C)nc2s1. The third-order valence-electron chi connectivity index (χ3n) is 3.34. The number of nitrogens with zero attached hydrogens (tertiary/aromatic N) is 2. The summed E-state index contributed by atoms with van der Waals surface area (Å²) in [4.78, 5) is 22.4. The van der Waals surface area contributed by atoms with Crippen molar-refractivity contribution in [1.82, 2.24) is 9.97 Å². The summed E-state index contributed by atoms with van der Waals surface area (Å²) in [5.41, 5.74) is 6.59. The van der Waals surface area contributed by atoms with Gasteiger partial charge in [0.1, 0.15) is 16.5 Å². The van der Waals surface area contributed by atoms with Crippen molar-refractivity contribution in [3.63, 3.8) is 0 Å². The first-order valence-corrected chi connectivity index (χ1v) is 7.82. The normalized spacial score (nSPS) is 10.8. The van der Waals surface area contributed by atoms with Crippen LogP contribution in [0.3, 0.4) is 0 Å². The van der Waals surface area contributed by atoms with Gasteiger partial charge in [0, 0.05) is 16.1 Å². The van der Waals surface area contributed by atoms with Crippen LogP contribution in [0.15, 0.2) is 30.3 Å². The fourth-order valence-corrected chi connectivity index (χ4v) is 3.21. The van der Waals surface area contributed by atoms with Crippen LogP contribution in [0.2, 0.25) is 0 Å². The predicted octanol–water partition coefficient (Wildman–Crippen LogP) is 3.40. The number of hydrogen-bond acceptors (Lipinski definition) is 5. The highest BCUT2D eigenvalue weighted by molar-refractivity contribution is 7.18. The Morgan fingerprint density at radius 1 is 1.27 bits per heavy atom. The monoisotopic (exact) mass is 312 g/mol. The molecule has 0 saturated heterocycles. The summed E-state index contributed by atoms with van der Waals surface area (Å²) in [5, 5.41) is 4.31. The van der Waals surface area contributed by atoms with Gasteiger partial charge < -0.3 is 11.1 Å². The lowest BCUT2D eigenvalue weighted by Gasteiger charge is -2.08. The lowest BCUT2D eigenvalue weighted by atomic mass is 10.2. The molecule has 2 heterocycles. The summed E-state index contributed by atoms with van der Waals surface area (Å²) in [6, 6.07) is 9.15. The zero-order chi connectivity index (χ0) is 15.7. The number of nitrogens with two attached hydrogens (primary N) is 1. The minimum Gasteiger partial charge on any atom is -0.366 e. The molecule has 3 aromatic rings. The Balaban J connectivity index is 1.98. The van der Waals surface area contributed by atoms with Gasteiger partial charge in [0.15, 0.2) is 0 Å². The van der Waals surface area contributed by atoms with Crippen molar-refractivity contribution < 1.29 is 4.79 Å². The van der Waals surface area contributed by atoms with Gasteiger partial charge in [-0.15, -0.1) is 11.3 Å². The quantitative estimate of drug-likeness (QED) is 0.773. The van der Waals surface area contributed by atoms with Crippen molar-refractivity contribution in [2.75, 3.05) is 5.32 Å². The zero-order valence-corrected chi connectivity index (χ0v) is 13.2. The Hall–Kier alpha value is -2.47. The first kappa shape index (κ1) is 14.5. The standard InChI is InChI=1S/C16H16N4OS/c1-3-12-8-13-15(18-9(2)19-16(13)22-12)20-11-6-4-10(5-7-11)14(17)21/h4-8H,3H2,1-2H3,(H2,17,21)(H,18,19,20). The number of amides is 1. The van der Waals surface area contributed by atoms with E-state index in [1.807, 2.05) is 19.1 Å². The van der Waals surface area contributed by atoms with E-state index < -0.39 is 5.91 Å². The Morgan fingerprint density at radius 3 is 2.64 bits per heavy atom. The highest BCUT2D eigenvalue weighted by Gasteiger charge is 2.10. The third-order valence-corrected chi connectivity index (χ3v) is 4.51. The molecule has 0 bridgehead atoms. The summed E-state index contributed by atoms with van der Waals surface area (Å²) >= 11 is 1.69. The van der Waals surface area contributed by atoms with Crippen LogP contribution < -0.4 is 11.1 Å². The van der Waals surface area contributed by atoms with Crippen molar-refractivity contribution in [2.24, 2.45) is 5.73 Å². The number of aryl methyl sites for hydroxylation is 2. The molecule has 3 rings (SSSR count). The number of nitrogens with one attached hydrogen (secondary N) is 1. The first-order valence-electron chi connectivity index (χ1n) is 7.00. The second-order valence-electron chi connectivity index (χ2n) is 4.97. The molecule has 1 aromatic carbocycles. The largest absolute Gasteiger partial charge is 0.366 e. The number of anilines is 2. The van der Waals surface area contributed by atoms with Gasteiger partial charge in [-0.05, 0) is 43.7 Å². The van der Waals surface area contributed by atoms with Gasteiger partial charge in [0.2, 0.25) is 5.91 Å². The number of aromatic nitrogens is 2. The van der Waals surface area contributed by atoms with E-state index in [2.05, 4.69) is 28.3 Å². The summed E-state index contributed by atoms with van der Waals surface area (Å²) < 4.78 is 0. The van der Waals surface area contributed by atoms with Crippen LogP contribution in [0.4, 0.5) is 11.5 Å². The van der Waals surface area contributed by atoms with Crippen molar-refractivity contribution >= 4 is 39.0 Å². The number of thiophene rings is 1. The van der Waals surface area contributed by atoms with E-state index in [1.54, 1.807) is 23.5 Å². The van der Waals surface area contributed by atoms with Crippen molar-refractivity contribution in [2.45, 2.75) is 20.3 Å². The molecule has 5 nitrogen and oxygen atoms in total. The van der Waals surface area contributed by atoms with E-state index in [0.29, 0.717) is 5.56 Å². The number of benzene rings is 1. The van der Waals surface area contributed by atoms with Crippen molar-refractivity contribution in [3.8, 4) is 0 Å². The molecule has 112 valence electrons. The number of fused-ring (bicyclic) bond motifs is 1. The topological polar surface area (TPSA) is 80.9 Å². The first-order chi connectivity index (χ1) is 10.6. The third kappa shape index (κ3) is 2.78. The number of primary amides is 1. The number of hydrogen-bond donors (Lipinski definition) is 2. The van der Waals surface area contributed by atoms with Crippen LogP contribution in [-0.2, 0) is 6.42 Å². The molecule has 0 radical (unpaired) electrons. The molecule has 0 aliphatic carbocycles. The molecule has 2 aromatic heterocycles. The molecular formula is C16H16N4OS. The van der Waals surface area contributed by atoms with Crippen LogP contribution >= 0.6 is 11.3 Å². The van der Waals surface area contributed by atoms with Crippen LogP contribution in [0.1, 0.15) is 28.0 Å². The van der Waals surface area contributed by atoms with E-state index in [0.717, 1.165) is 34.0 Å². The predicted molar refractivity (Wildman–Crippen MR) is 89.8 cm³/mol. The fraction of sp³-hybridized carbons (Fsp3) is 0.188. The van der Waals surface area contributed by atoms with Gasteiger partial charge in [-0.3, -0.25) is 4.79 Å². The van der Waals surface area contributed by atoms with Crippen LogP contribution in [0.5, 0.6) is 0 Å². The maximum Gasteiger partial charge on any atom is 0.248 e. The molecule has 0 aliphatic heterocycles. The van der Waals surface area contributed by atoms with Crippen molar-refractivity contribution in [3.05, 3.63) is 46.6 Å². The van der Waals surface area contributed by atoms with Crippen LogP contribution in [0, 0.1) is 6.92 Å². The summed E-state index contributed by atoms with van der Waals surface area (Å²) in [6.45, 7) is 4.01. The van der Waals surface area contributed by atoms with E-state index in [1.165, 1.54) is 4.88 Å². The Bertz CT molecular complexity index is 839. The highest BCUT2D eigenvalue weighted by atomic mass is 32.1. The van der Waals surface area contributed by atoms with Crippen molar-refractivity contribution in [1.29, 1.82) is 0 Å². The molecule has 0 fully saturated rings. The molecule has 0 unspecified atom stereocenters. The lowest BCUT2D eigenvalue weighted by Crippen LogP contribution is -2.10. The molecular weight excluding hydrogens is 296 g/mol. The van der Waals surface area contributed by atoms with Gasteiger partial charge in [0.05, 0.1) is 5.39 Å². The molecule has 22 heavy (non-hydrogen) atoms. The molecule has 0 spiro atoms. The smallest absolute Gasteiger partial charge is 0.248 e. The summed E-state index contributed by atoms with van der Waals surface area (Å²) in [5.74, 6) is 1.08. The summed E-state index contributed by atoms with van der Waals surface area (Å²) in [7, 11) is 0. The lowest BCUT2D eigenvalue weighted by molar-refractivity contribution is 0.100. The van der Waals surface area contributed by atoms with Crippen LogP contribution in [0.25, 0.3) is 10.2 Å². The van der Waals surface area contributed by atoms with E-state index in [4.69, 9.17) is 5.73 Å². The molecule has 0 aliphatic rings.